The molecule has 0 aliphatic carbocycles. The molecule has 0 amide bonds. The first kappa shape index (κ1) is 14.0. The molecular formula is C13H22N4O2. The molecular weight excluding hydrogens is 244 g/mol. The monoisotopic (exact) mass is 266 g/mol. The second-order valence-corrected chi connectivity index (χ2v) is 4.92. The maximum absolute atomic E-state index is 11.3. The molecule has 1 fully saturated rings. The van der Waals surface area contributed by atoms with Crippen LogP contribution >= 0.6 is 0 Å². The molecule has 2 heterocycles. The van der Waals surface area contributed by atoms with Gasteiger partial charge in [0.2, 0.25) is 0 Å². The Labute approximate surface area is 113 Å². The standard InChI is InChI=1S/C13H22N4O2/c1-19-6-4-14-8-11-3-2-5-17(9-11)12-7-13(18)16-10-15-12/h7,10-11,14H,2-6,8-9H2,1H3,(H,15,16,18). The number of nitrogens with zero attached hydrogens (tertiary/aromatic N) is 2. The number of piperidine rings is 1. The van der Waals surface area contributed by atoms with E-state index in [1.54, 1.807) is 13.2 Å². The van der Waals surface area contributed by atoms with Crippen molar-refractivity contribution in [3.05, 3.63) is 22.7 Å². The zero-order valence-electron chi connectivity index (χ0n) is 11.4. The van der Waals surface area contributed by atoms with Gasteiger partial charge < -0.3 is 19.9 Å². The van der Waals surface area contributed by atoms with Crippen LogP contribution in [0.3, 0.4) is 0 Å². The zero-order chi connectivity index (χ0) is 13.5. The third kappa shape index (κ3) is 4.33. The Morgan fingerprint density at radius 1 is 1.63 bits per heavy atom. The molecule has 2 rings (SSSR count). The maximum Gasteiger partial charge on any atom is 0.252 e. The lowest BCUT2D eigenvalue weighted by Gasteiger charge is -2.33. The Balaban J connectivity index is 1.85. The molecule has 106 valence electrons. The van der Waals surface area contributed by atoms with Crippen LogP contribution in [0.1, 0.15) is 12.8 Å². The van der Waals surface area contributed by atoms with Crippen molar-refractivity contribution in [3.63, 3.8) is 0 Å². The molecule has 6 heteroatoms. The van der Waals surface area contributed by atoms with Crippen molar-refractivity contribution in [2.45, 2.75) is 12.8 Å². The molecule has 1 atom stereocenters. The molecule has 1 aliphatic heterocycles. The van der Waals surface area contributed by atoms with Gasteiger partial charge in [-0.2, -0.15) is 0 Å². The van der Waals surface area contributed by atoms with Crippen LogP contribution in [0, 0.1) is 5.92 Å². The third-order valence-corrected chi connectivity index (χ3v) is 3.42. The molecule has 0 bridgehead atoms. The summed E-state index contributed by atoms with van der Waals surface area (Å²) in [5.41, 5.74) is -0.0923. The fourth-order valence-electron chi connectivity index (χ4n) is 2.45. The molecule has 1 aliphatic rings. The SMILES string of the molecule is COCCNCC1CCCN(c2cc(=O)[nH]cn2)C1. The Morgan fingerprint density at radius 3 is 3.32 bits per heavy atom. The number of ether oxygens (including phenoxy) is 1. The number of hydrogen-bond acceptors (Lipinski definition) is 5. The van der Waals surface area contributed by atoms with Crippen LogP contribution in [0.2, 0.25) is 0 Å². The molecule has 0 aromatic carbocycles. The highest BCUT2D eigenvalue weighted by atomic mass is 16.5. The lowest BCUT2D eigenvalue weighted by Crippen LogP contribution is -2.40. The first-order chi connectivity index (χ1) is 9.29. The van der Waals surface area contributed by atoms with Crippen LogP contribution < -0.4 is 15.8 Å². The first-order valence-electron chi connectivity index (χ1n) is 6.79. The average molecular weight is 266 g/mol. The van der Waals surface area contributed by atoms with E-state index in [-0.39, 0.29) is 5.56 Å². The van der Waals surface area contributed by atoms with E-state index in [1.807, 2.05) is 0 Å². The number of aromatic amines is 1. The molecule has 0 saturated carbocycles. The lowest BCUT2D eigenvalue weighted by atomic mass is 9.98. The van der Waals surface area contributed by atoms with Gasteiger partial charge in [0.05, 0.1) is 12.9 Å². The van der Waals surface area contributed by atoms with Gasteiger partial charge in [-0.1, -0.05) is 0 Å². The van der Waals surface area contributed by atoms with Crippen LogP contribution in [-0.4, -0.2) is 49.9 Å². The number of rotatable bonds is 6. The second-order valence-electron chi connectivity index (χ2n) is 4.92. The summed E-state index contributed by atoms with van der Waals surface area (Å²) in [4.78, 5) is 20.3. The summed E-state index contributed by atoms with van der Waals surface area (Å²) in [6, 6.07) is 1.57. The molecule has 19 heavy (non-hydrogen) atoms. The summed E-state index contributed by atoms with van der Waals surface area (Å²) in [5.74, 6) is 1.39. The Hall–Kier alpha value is -1.40. The van der Waals surface area contributed by atoms with Crippen LogP contribution in [0.5, 0.6) is 0 Å². The van der Waals surface area contributed by atoms with E-state index < -0.39 is 0 Å². The minimum atomic E-state index is -0.0923. The van der Waals surface area contributed by atoms with Crippen molar-refractivity contribution < 1.29 is 4.74 Å². The predicted molar refractivity (Wildman–Crippen MR) is 74.5 cm³/mol. The molecule has 0 radical (unpaired) electrons. The Kier molecular flexibility index (Phi) is 5.35. The quantitative estimate of drug-likeness (QED) is 0.721. The minimum absolute atomic E-state index is 0.0923. The van der Waals surface area contributed by atoms with E-state index in [9.17, 15) is 4.79 Å². The van der Waals surface area contributed by atoms with Gasteiger partial charge in [0.15, 0.2) is 0 Å². The van der Waals surface area contributed by atoms with Crippen LogP contribution in [0.4, 0.5) is 5.82 Å². The number of aromatic nitrogens is 2. The van der Waals surface area contributed by atoms with Gasteiger partial charge in [0, 0.05) is 32.8 Å². The van der Waals surface area contributed by atoms with Gasteiger partial charge in [-0.25, -0.2) is 4.98 Å². The zero-order valence-corrected chi connectivity index (χ0v) is 11.4. The van der Waals surface area contributed by atoms with Gasteiger partial charge in [-0.15, -0.1) is 0 Å². The highest BCUT2D eigenvalue weighted by molar-refractivity contribution is 5.36. The summed E-state index contributed by atoms with van der Waals surface area (Å²) in [6.07, 6.45) is 3.84. The highest BCUT2D eigenvalue weighted by Gasteiger charge is 2.20. The van der Waals surface area contributed by atoms with Gasteiger partial charge in [-0.3, -0.25) is 4.79 Å². The largest absolute Gasteiger partial charge is 0.383 e. The number of nitrogens with one attached hydrogen (secondary N) is 2. The minimum Gasteiger partial charge on any atom is -0.383 e. The van der Waals surface area contributed by atoms with E-state index in [0.29, 0.717) is 5.92 Å². The van der Waals surface area contributed by atoms with Crippen molar-refractivity contribution in [2.24, 2.45) is 5.92 Å². The summed E-state index contributed by atoms with van der Waals surface area (Å²) < 4.78 is 5.01. The summed E-state index contributed by atoms with van der Waals surface area (Å²) in [5, 5.41) is 3.40. The lowest BCUT2D eigenvalue weighted by molar-refractivity contribution is 0.197. The van der Waals surface area contributed by atoms with E-state index in [0.717, 1.165) is 45.0 Å². The normalized spacial score (nSPS) is 19.6. The smallest absolute Gasteiger partial charge is 0.252 e. The molecule has 0 spiro atoms. The first-order valence-corrected chi connectivity index (χ1v) is 6.79. The molecule has 1 saturated heterocycles. The van der Waals surface area contributed by atoms with Crippen molar-refractivity contribution in [2.75, 3.05) is 44.8 Å². The molecule has 6 nitrogen and oxygen atoms in total. The van der Waals surface area contributed by atoms with Crippen molar-refractivity contribution >= 4 is 5.82 Å². The van der Waals surface area contributed by atoms with Gasteiger partial charge in [0.1, 0.15) is 5.82 Å². The summed E-state index contributed by atoms with van der Waals surface area (Å²) in [7, 11) is 1.71. The number of hydrogen-bond donors (Lipinski definition) is 2. The van der Waals surface area contributed by atoms with Crippen LogP contribution in [0.25, 0.3) is 0 Å². The number of anilines is 1. The number of H-pyrrole nitrogens is 1. The van der Waals surface area contributed by atoms with E-state index in [1.165, 1.54) is 12.7 Å². The topological polar surface area (TPSA) is 70.2 Å². The molecule has 2 N–H and O–H groups in total. The second kappa shape index (κ2) is 7.25. The fourth-order valence-corrected chi connectivity index (χ4v) is 2.45. The fraction of sp³-hybridized carbons (Fsp3) is 0.692. The number of methoxy groups -OCH3 is 1. The molecule has 1 aromatic heterocycles. The van der Waals surface area contributed by atoms with Crippen molar-refractivity contribution in [1.82, 2.24) is 15.3 Å². The van der Waals surface area contributed by atoms with Crippen LogP contribution in [-0.2, 0) is 4.74 Å². The third-order valence-electron chi connectivity index (χ3n) is 3.42. The molecule has 1 aromatic rings. The Morgan fingerprint density at radius 2 is 2.53 bits per heavy atom. The van der Waals surface area contributed by atoms with Gasteiger partial charge in [0.25, 0.3) is 5.56 Å². The summed E-state index contributed by atoms with van der Waals surface area (Å²) >= 11 is 0. The average Bonchev–Trinajstić information content (AvgIpc) is 2.44. The van der Waals surface area contributed by atoms with Crippen molar-refractivity contribution in [3.8, 4) is 0 Å². The maximum atomic E-state index is 11.3. The van der Waals surface area contributed by atoms with Crippen molar-refractivity contribution in [1.29, 1.82) is 0 Å². The predicted octanol–water partition coefficient (Wildman–Crippen LogP) is 0.222. The highest BCUT2D eigenvalue weighted by Crippen LogP contribution is 2.19. The van der Waals surface area contributed by atoms with Gasteiger partial charge in [-0.05, 0) is 25.3 Å². The van der Waals surface area contributed by atoms with E-state index in [2.05, 4.69) is 20.2 Å². The Bertz CT molecular complexity index is 435. The van der Waals surface area contributed by atoms with E-state index >= 15 is 0 Å². The van der Waals surface area contributed by atoms with E-state index in [4.69, 9.17) is 4.74 Å². The van der Waals surface area contributed by atoms with Gasteiger partial charge >= 0.3 is 0 Å². The summed E-state index contributed by atoms with van der Waals surface area (Å²) in [6.45, 7) is 4.55. The van der Waals surface area contributed by atoms with Crippen LogP contribution in [0.15, 0.2) is 17.2 Å². The molecule has 1 unspecified atom stereocenters.